The Morgan fingerprint density at radius 2 is 1.95 bits per heavy atom. The summed E-state index contributed by atoms with van der Waals surface area (Å²) >= 11 is 7.07. The molecular formula is C11H8ClF3N2OS. The lowest BCUT2D eigenvalue weighted by Gasteiger charge is -2.09. The van der Waals surface area contributed by atoms with E-state index in [0.717, 1.165) is 5.01 Å². The van der Waals surface area contributed by atoms with Crippen molar-refractivity contribution in [3.63, 3.8) is 0 Å². The van der Waals surface area contributed by atoms with Crippen LogP contribution in [0, 0.1) is 0 Å². The largest absolute Gasteiger partial charge is 0.573 e. The molecule has 1 heterocycles. The van der Waals surface area contributed by atoms with E-state index in [9.17, 15) is 13.2 Å². The third-order valence-corrected chi connectivity index (χ3v) is 3.17. The normalized spacial score (nSPS) is 11.4. The van der Waals surface area contributed by atoms with Crippen molar-refractivity contribution in [1.29, 1.82) is 0 Å². The fourth-order valence-electron chi connectivity index (χ4n) is 1.32. The van der Waals surface area contributed by atoms with Crippen LogP contribution in [0.5, 0.6) is 5.75 Å². The van der Waals surface area contributed by atoms with Crippen LogP contribution in [-0.2, 0) is 6.54 Å². The topological polar surface area (TPSA) is 34.1 Å². The summed E-state index contributed by atoms with van der Waals surface area (Å²) in [7, 11) is 0. The van der Waals surface area contributed by atoms with Crippen LogP contribution in [-0.4, -0.2) is 11.3 Å². The summed E-state index contributed by atoms with van der Waals surface area (Å²) in [4.78, 5) is 4.05. The number of halogens is 4. The SMILES string of the molecule is FC(F)(F)Oc1ccc(NCc2ncc(Cl)s2)cc1. The fraction of sp³-hybridized carbons (Fsp3) is 0.182. The monoisotopic (exact) mass is 308 g/mol. The van der Waals surface area contributed by atoms with Gasteiger partial charge in [0.1, 0.15) is 15.1 Å². The molecule has 3 nitrogen and oxygen atoms in total. The molecule has 0 aliphatic carbocycles. The second-order valence-electron chi connectivity index (χ2n) is 3.48. The van der Waals surface area contributed by atoms with Gasteiger partial charge in [0, 0.05) is 5.69 Å². The molecule has 0 atom stereocenters. The first-order chi connectivity index (χ1) is 8.92. The molecule has 8 heteroatoms. The minimum atomic E-state index is -4.67. The second kappa shape index (κ2) is 5.66. The van der Waals surface area contributed by atoms with E-state index in [0.29, 0.717) is 16.6 Å². The first-order valence-electron chi connectivity index (χ1n) is 5.12. The Morgan fingerprint density at radius 3 is 2.47 bits per heavy atom. The zero-order chi connectivity index (χ0) is 13.9. The van der Waals surface area contributed by atoms with Crippen molar-refractivity contribution in [2.24, 2.45) is 0 Å². The van der Waals surface area contributed by atoms with Gasteiger partial charge < -0.3 is 10.1 Å². The van der Waals surface area contributed by atoms with Crippen LogP contribution < -0.4 is 10.1 Å². The summed E-state index contributed by atoms with van der Waals surface area (Å²) in [5.74, 6) is -0.254. The molecular weight excluding hydrogens is 301 g/mol. The van der Waals surface area contributed by atoms with Crippen LogP contribution in [0.3, 0.4) is 0 Å². The Hall–Kier alpha value is -1.47. The van der Waals surface area contributed by atoms with Crippen LogP contribution in [0.15, 0.2) is 30.5 Å². The van der Waals surface area contributed by atoms with E-state index < -0.39 is 6.36 Å². The molecule has 1 N–H and O–H groups in total. The highest BCUT2D eigenvalue weighted by atomic mass is 35.5. The van der Waals surface area contributed by atoms with Crippen LogP contribution in [0.2, 0.25) is 4.34 Å². The van der Waals surface area contributed by atoms with Gasteiger partial charge in [0.15, 0.2) is 0 Å². The standard InChI is InChI=1S/C11H8ClF3N2OS/c12-9-5-17-10(19-9)6-16-7-1-3-8(4-2-7)18-11(13,14)15/h1-5,16H,6H2. The molecule has 0 aliphatic rings. The van der Waals surface area contributed by atoms with Gasteiger partial charge in [0.25, 0.3) is 0 Å². The summed E-state index contributed by atoms with van der Waals surface area (Å²) in [5.41, 5.74) is 0.667. The fourth-order valence-corrected chi connectivity index (χ4v) is 2.22. The molecule has 0 spiro atoms. The van der Waals surface area contributed by atoms with E-state index in [1.54, 1.807) is 6.20 Å². The Bertz CT molecular complexity index is 542. The Balaban J connectivity index is 1.91. The van der Waals surface area contributed by atoms with Crippen molar-refractivity contribution in [3.8, 4) is 5.75 Å². The van der Waals surface area contributed by atoms with E-state index in [4.69, 9.17) is 11.6 Å². The molecule has 0 saturated heterocycles. The molecule has 2 aromatic rings. The van der Waals surface area contributed by atoms with Gasteiger partial charge >= 0.3 is 6.36 Å². The molecule has 19 heavy (non-hydrogen) atoms. The molecule has 0 unspecified atom stereocenters. The van der Waals surface area contributed by atoms with E-state index in [1.807, 2.05) is 0 Å². The van der Waals surface area contributed by atoms with Crippen molar-refractivity contribution < 1.29 is 17.9 Å². The molecule has 1 aromatic carbocycles. The number of hydrogen-bond acceptors (Lipinski definition) is 4. The van der Waals surface area contributed by atoms with Crippen LogP contribution >= 0.6 is 22.9 Å². The number of anilines is 1. The highest BCUT2D eigenvalue weighted by Gasteiger charge is 2.30. The molecule has 0 saturated carbocycles. The zero-order valence-electron chi connectivity index (χ0n) is 9.37. The smallest absolute Gasteiger partial charge is 0.406 e. The number of hydrogen-bond donors (Lipinski definition) is 1. The Labute approximate surface area is 116 Å². The van der Waals surface area contributed by atoms with Gasteiger partial charge in [0.05, 0.1) is 12.7 Å². The predicted octanol–water partition coefficient (Wildman–Crippen LogP) is 4.31. The number of nitrogens with one attached hydrogen (secondary N) is 1. The molecule has 0 bridgehead atoms. The third-order valence-electron chi connectivity index (χ3n) is 2.06. The lowest BCUT2D eigenvalue weighted by molar-refractivity contribution is -0.274. The highest BCUT2D eigenvalue weighted by Crippen LogP contribution is 2.24. The van der Waals surface area contributed by atoms with Gasteiger partial charge in [-0.1, -0.05) is 11.6 Å². The molecule has 1 aromatic heterocycles. The lowest BCUT2D eigenvalue weighted by atomic mass is 10.3. The van der Waals surface area contributed by atoms with Crippen molar-refractivity contribution in [1.82, 2.24) is 4.98 Å². The summed E-state index contributed by atoms with van der Waals surface area (Å²) < 4.78 is 40.2. The second-order valence-corrected chi connectivity index (χ2v) is 5.23. The maximum Gasteiger partial charge on any atom is 0.573 e. The van der Waals surface area contributed by atoms with Gasteiger partial charge in [-0.2, -0.15) is 0 Å². The van der Waals surface area contributed by atoms with E-state index in [1.165, 1.54) is 35.6 Å². The third kappa shape index (κ3) is 4.60. The number of benzene rings is 1. The van der Waals surface area contributed by atoms with Gasteiger partial charge in [-0.25, -0.2) is 4.98 Å². The number of aromatic nitrogens is 1. The van der Waals surface area contributed by atoms with Gasteiger partial charge in [-0.3, -0.25) is 0 Å². The average Bonchev–Trinajstić information content (AvgIpc) is 2.72. The molecule has 102 valence electrons. The maximum absolute atomic E-state index is 12.0. The lowest BCUT2D eigenvalue weighted by Crippen LogP contribution is -2.17. The molecule has 0 radical (unpaired) electrons. The molecule has 0 amide bonds. The Kier molecular flexibility index (Phi) is 4.16. The molecule has 0 aliphatic heterocycles. The highest BCUT2D eigenvalue weighted by molar-refractivity contribution is 7.15. The van der Waals surface area contributed by atoms with Crippen LogP contribution in [0.1, 0.15) is 5.01 Å². The van der Waals surface area contributed by atoms with Crippen LogP contribution in [0.4, 0.5) is 18.9 Å². The van der Waals surface area contributed by atoms with Gasteiger partial charge in [-0.15, -0.1) is 24.5 Å². The van der Waals surface area contributed by atoms with Crippen molar-refractivity contribution in [2.45, 2.75) is 12.9 Å². The summed E-state index contributed by atoms with van der Waals surface area (Å²) in [5, 5.41) is 3.81. The van der Waals surface area contributed by atoms with Crippen molar-refractivity contribution in [3.05, 3.63) is 39.8 Å². The van der Waals surface area contributed by atoms with Crippen molar-refractivity contribution >= 4 is 28.6 Å². The number of nitrogens with zero attached hydrogens (tertiary/aromatic N) is 1. The quantitative estimate of drug-likeness (QED) is 0.914. The minimum absolute atomic E-state index is 0.254. The minimum Gasteiger partial charge on any atom is -0.406 e. The zero-order valence-corrected chi connectivity index (χ0v) is 10.9. The Morgan fingerprint density at radius 1 is 1.26 bits per heavy atom. The average molecular weight is 309 g/mol. The number of rotatable bonds is 4. The van der Waals surface area contributed by atoms with E-state index in [2.05, 4.69) is 15.0 Å². The van der Waals surface area contributed by atoms with Gasteiger partial charge in [-0.05, 0) is 24.3 Å². The number of ether oxygens (including phenoxy) is 1. The van der Waals surface area contributed by atoms with E-state index in [-0.39, 0.29) is 5.75 Å². The number of thiazole rings is 1. The van der Waals surface area contributed by atoms with E-state index >= 15 is 0 Å². The summed E-state index contributed by atoms with van der Waals surface area (Å²) in [6, 6.07) is 5.47. The number of alkyl halides is 3. The first kappa shape index (κ1) is 14.0. The maximum atomic E-state index is 12.0. The van der Waals surface area contributed by atoms with Crippen molar-refractivity contribution in [2.75, 3.05) is 5.32 Å². The summed E-state index contributed by atoms with van der Waals surface area (Å²) in [6.07, 6.45) is -3.13. The summed E-state index contributed by atoms with van der Waals surface area (Å²) in [6.45, 7) is 0.455. The first-order valence-corrected chi connectivity index (χ1v) is 6.32. The predicted molar refractivity (Wildman–Crippen MR) is 67.6 cm³/mol. The molecule has 0 fully saturated rings. The molecule has 2 rings (SSSR count). The van der Waals surface area contributed by atoms with Gasteiger partial charge in [0.2, 0.25) is 0 Å². The van der Waals surface area contributed by atoms with Crippen LogP contribution in [0.25, 0.3) is 0 Å².